The van der Waals surface area contributed by atoms with Gasteiger partial charge < -0.3 is 14.6 Å². The molecule has 1 fully saturated rings. The number of hydrogen-bond acceptors (Lipinski definition) is 5. The van der Waals surface area contributed by atoms with E-state index >= 15 is 0 Å². The highest BCUT2D eigenvalue weighted by atomic mass is 35.5. The Kier molecular flexibility index (Phi) is 4.22. The fraction of sp³-hybridized carbons (Fsp3) is 0.267. The minimum absolute atomic E-state index is 0.0206. The van der Waals surface area contributed by atoms with Crippen molar-refractivity contribution in [2.24, 2.45) is 0 Å². The van der Waals surface area contributed by atoms with Crippen LogP contribution in [0, 0.1) is 0 Å². The molecule has 0 spiro atoms. The molecule has 114 valence electrons. The van der Waals surface area contributed by atoms with E-state index in [1.165, 1.54) is 12.4 Å². The second-order valence-electron chi connectivity index (χ2n) is 4.84. The van der Waals surface area contributed by atoms with Crippen LogP contribution in [0.5, 0.6) is 5.75 Å². The molecule has 1 N–H and O–H groups in total. The SMILES string of the molecule is O=C(O)c1cc(-c2ccc(Cl)c(OC3CCOC3)c2)ncn1. The summed E-state index contributed by atoms with van der Waals surface area (Å²) in [4.78, 5) is 18.8. The summed E-state index contributed by atoms with van der Waals surface area (Å²) >= 11 is 6.15. The molecule has 1 unspecified atom stereocenters. The molecule has 1 aromatic heterocycles. The van der Waals surface area contributed by atoms with E-state index in [9.17, 15) is 4.79 Å². The fourth-order valence-corrected chi connectivity index (χ4v) is 2.33. The maximum atomic E-state index is 11.0. The van der Waals surface area contributed by atoms with Gasteiger partial charge in [0.25, 0.3) is 0 Å². The molecule has 0 radical (unpaired) electrons. The Labute approximate surface area is 131 Å². The Morgan fingerprint density at radius 2 is 2.23 bits per heavy atom. The highest BCUT2D eigenvalue weighted by Gasteiger charge is 2.19. The highest BCUT2D eigenvalue weighted by Crippen LogP contribution is 2.31. The summed E-state index contributed by atoms with van der Waals surface area (Å²) < 4.78 is 11.1. The predicted molar refractivity (Wildman–Crippen MR) is 79.3 cm³/mol. The number of carboxylic acids is 1. The number of aromatic carboxylic acids is 1. The lowest BCUT2D eigenvalue weighted by molar-refractivity contribution is 0.0690. The molecule has 7 heteroatoms. The Balaban J connectivity index is 1.90. The lowest BCUT2D eigenvalue weighted by Gasteiger charge is -2.14. The normalized spacial score (nSPS) is 17.4. The van der Waals surface area contributed by atoms with Crippen LogP contribution in [0.2, 0.25) is 5.02 Å². The average Bonchev–Trinajstić information content (AvgIpc) is 3.02. The summed E-state index contributed by atoms with van der Waals surface area (Å²) in [6.07, 6.45) is 2.02. The van der Waals surface area contributed by atoms with E-state index in [0.717, 1.165) is 6.42 Å². The lowest BCUT2D eigenvalue weighted by Crippen LogP contribution is -2.15. The minimum atomic E-state index is -1.10. The summed E-state index contributed by atoms with van der Waals surface area (Å²) in [6.45, 7) is 1.22. The number of halogens is 1. The first-order chi connectivity index (χ1) is 10.6. The Bertz CT molecular complexity index is 702. The number of hydrogen-bond donors (Lipinski definition) is 1. The number of nitrogens with zero attached hydrogens (tertiary/aromatic N) is 2. The first-order valence-corrected chi connectivity index (χ1v) is 7.11. The van der Waals surface area contributed by atoms with Gasteiger partial charge in [0.1, 0.15) is 18.2 Å². The molecule has 1 aliphatic rings. The molecule has 0 amide bonds. The van der Waals surface area contributed by atoms with Gasteiger partial charge in [-0.15, -0.1) is 0 Å². The molecule has 0 aliphatic carbocycles. The Morgan fingerprint density at radius 3 is 2.95 bits per heavy atom. The number of aromatic nitrogens is 2. The number of benzene rings is 1. The lowest BCUT2D eigenvalue weighted by atomic mass is 10.1. The molecule has 0 saturated carbocycles. The molecule has 22 heavy (non-hydrogen) atoms. The molecule has 2 heterocycles. The van der Waals surface area contributed by atoms with Crippen LogP contribution in [0.25, 0.3) is 11.3 Å². The zero-order chi connectivity index (χ0) is 15.5. The van der Waals surface area contributed by atoms with Crippen molar-refractivity contribution in [1.29, 1.82) is 0 Å². The van der Waals surface area contributed by atoms with Gasteiger partial charge in [0.2, 0.25) is 0 Å². The molecule has 1 saturated heterocycles. The van der Waals surface area contributed by atoms with Crippen molar-refractivity contribution < 1.29 is 19.4 Å². The topological polar surface area (TPSA) is 81.5 Å². The summed E-state index contributed by atoms with van der Waals surface area (Å²) in [5, 5.41) is 9.48. The molecule has 2 aromatic rings. The van der Waals surface area contributed by atoms with E-state index in [1.54, 1.807) is 18.2 Å². The number of carbonyl (C=O) groups is 1. The minimum Gasteiger partial charge on any atom is -0.486 e. The highest BCUT2D eigenvalue weighted by molar-refractivity contribution is 6.32. The van der Waals surface area contributed by atoms with Gasteiger partial charge in [-0.05, 0) is 18.2 Å². The first kappa shape index (κ1) is 14.7. The smallest absolute Gasteiger partial charge is 0.354 e. The van der Waals surface area contributed by atoms with Crippen LogP contribution < -0.4 is 4.74 Å². The van der Waals surface area contributed by atoms with Crippen LogP contribution >= 0.6 is 11.6 Å². The monoisotopic (exact) mass is 320 g/mol. The van der Waals surface area contributed by atoms with Gasteiger partial charge >= 0.3 is 5.97 Å². The largest absolute Gasteiger partial charge is 0.486 e. The summed E-state index contributed by atoms with van der Waals surface area (Å²) in [7, 11) is 0. The van der Waals surface area contributed by atoms with E-state index in [1.807, 2.05) is 0 Å². The molecule has 1 aliphatic heterocycles. The van der Waals surface area contributed by atoms with Crippen molar-refractivity contribution in [1.82, 2.24) is 9.97 Å². The standard InChI is InChI=1S/C15H13ClN2O4/c16-11-2-1-9(5-14(11)22-10-3-4-21-7-10)12-6-13(15(19)20)18-8-17-12/h1-2,5-6,8,10H,3-4,7H2,(H,19,20). The Morgan fingerprint density at radius 1 is 1.36 bits per heavy atom. The molecule has 1 aromatic carbocycles. The van der Waals surface area contributed by atoms with Crippen molar-refractivity contribution >= 4 is 17.6 Å². The van der Waals surface area contributed by atoms with Gasteiger partial charge in [-0.1, -0.05) is 17.7 Å². The van der Waals surface area contributed by atoms with Crippen molar-refractivity contribution in [3.05, 3.63) is 41.3 Å². The van der Waals surface area contributed by atoms with Crippen molar-refractivity contribution in [2.45, 2.75) is 12.5 Å². The third kappa shape index (κ3) is 3.18. The van der Waals surface area contributed by atoms with E-state index in [0.29, 0.717) is 35.2 Å². The van der Waals surface area contributed by atoms with E-state index in [4.69, 9.17) is 26.2 Å². The van der Waals surface area contributed by atoms with Crippen LogP contribution in [-0.4, -0.2) is 40.4 Å². The van der Waals surface area contributed by atoms with Crippen molar-refractivity contribution in [2.75, 3.05) is 13.2 Å². The molecule has 0 bridgehead atoms. The van der Waals surface area contributed by atoms with Gasteiger partial charge in [0.05, 0.1) is 23.9 Å². The van der Waals surface area contributed by atoms with Crippen molar-refractivity contribution in [3.8, 4) is 17.0 Å². The zero-order valence-electron chi connectivity index (χ0n) is 11.5. The van der Waals surface area contributed by atoms with Crippen LogP contribution in [0.15, 0.2) is 30.6 Å². The zero-order valence-corrected chi connectivity index (χ0v) is 12.3. The first-order valence-electron chi connectivity index (χ1n) is 6.73. The van der Waals surface area contributed by atoms with Crippen LogP contribution in [0.3, 0.4) is 0 Å². The quantitative estimate of drug-likeness (QED) is 0.932. The van der Waals surface area contributed by atoms with Gasteiger partial charge in [-0.2, -0.15) is 0 Å². The summed E-state index contributed by atoms with van der Waals surface area (Å²) in [6, 6.07) is 6.61. The third-order valence-electron chi connectivity index (χ3n) is 3.29. The molecule has 6 nitrogen and oxygen atoms in total. The van der Waals surface area contributed by atoms with E-state index in [2.05, 4.69) is 9.97 Å². The molecular weight excluding hydrogens is 308 g/mol. The maximum absolute atomic E-state index is 11.0. The van der Waals surface area contributed by atoms with Crippen LogP contribution in [0.1, 0.15) is 16.9 Å². The van der Waals surface area contributed by atoms with E-state index in [-0.39, 0.29) is 11.8 Å². The maximum Gasteiger partial charge on any atom is 0.354 e. The van der Waals surface area contributed by atoms with Crippen molar-refractivity contribution in [3.63, 3.8) is 0 Å². The Hall–Kier alpha value is -2.18. The summed E-state index contributed by atoms with van der Waals surface area (Å²) in [5.74, 6) is -0.567. The molecule has 1 atom stereocenters. The molecular formula is C15H13ClN2O4. The van der Waals surface area contributed by atoms with Gasteiger partial charge in [-0.3, -0.25) is 0 Å². The second-order valence-corrected chi connectivity index (χ2v) is 5.25. The number of rotatable bonds is 4. The predicted octanol–water partition coefficient (Wildman–Crippen LogP) is 2.66. The fourth-order valence-electron chi connectivity index (χ4n) is 2.17. The number of ether oxygens (including phenoxy) is 2. The number of carboxylic acid groups (broad SMARTS) is 1. The van der Waals surface area contributed by atoms with E-state index < -0.39 is 5.97 Å². The van der Waals surface area contributed by atoms with Crippen LogP contribution in [-0.2, 0) is 4.74 Å². The molecule has 3 rings (SSSR count). The second kappa shape index (κ2) is 6.29. The average molecular weight is 321 g/mol. The van der Waals surface area contributed by atoms with Gasteiger partial charge in [0, 0.05) is 12.0 Å². The third-order valence-corrected chi connectivity index (χ3v) is 3.61. The van der Waals surface area contributed by atoms with Gasteiger partial charge in [0.15, 0.2) is 5.69 Å². The summed E-state index contributed by atoms with van der Waals surface area (Å²) in [5.41, 5.74) is 1.14. The van der Waals surface area contributed by atoms with Gasteiger partial charge in [-0.25, -0.2) is 14.8 Å². The van der Waals surface area contributed by atoms with Crippen LogP contribution in [0.4, 0.5) is 0 Å².